The van der Waals surface area contributed by atoms with E-state index in [1.54, 1.807) is 7.11 Å². The van der Waals surface area contributed by atoms with Crippen LogP contribution in [0.4, 0.5) is 5.95 Å². The maximum absolute atomic E-state index is 5.16. The lowest BCUT2D eigenvalue weighted by atomic mass is 10.2. The Hall–Kier alpha value is -2.14. The summed E-state index contributed by atoms with van der Waals surface area (Å²) in [5.41, 5.74) is 2.29. The highest BCUT2D eigenvalue weighted by atomic mass is 16.5. The lowest BCUT2D eigenvalue weighted by Crippen LogP contribution is -2.19. The van der Waals surface area contributed by atoms with Crippen LogP contribution in [0.2, 0.25) is 0 Å². The predicted molar refractivity (Wildman–Crippen MR) is 84.5 cm³/mol. The van der Waals surface area contributed by atoms with E-state index in [0.29, 0.717) is 0 Å². The Morgan fingerprint density at radius 3 is 2.33 bits per heavy atom. The minimum absolute atomic E-state index is 0.728. The molecular weight excluding hydrogens is 264 g/mol. The maximum Gasteiger partial charge on any atom is 0.225 e. The van der Waals surface area contributed by atoms with Gasteiger partial charge in [-0.3, -0.25) is 0 Å². The number of ether oxygens (including phenoxy) is 1. The van der Waals surface area contributed by atoms with E-state index in [4.69, 9.17) is 4.74 Å². The third kappa shape index (κ3) is 4.43. The van der Waals surface area contributed by atoms with Gasteiger partial charge in [0.15, 0.2) is 0 Å². The first-order chi connectivity index (χ1) is 10.2. The van der Waals surface area contributed by atoms with Crippen molar-refractivity contribution in [1.82, 2.24) is 15.3 Å². The first-order valence-corrected chi connectivity index (χ1v) is 7.08. The van der Waals surface area contributed by atoms with Gasteiger partial charge < -0.3 is 15.0 Å². The Morgan fingerprint density at radius 1 is 1.10 bits per heavy atom. The molecule has 1 N–H and O–H groups in total. The van der Waals surface area contributed by atoms with Gasteiger partial charge in [-0.15, -0.1) is 0 Å². The summed E-state index contributed by atoms with van der Waals surface area (Å²) in [5, 5.41) is 3.26. The van der Waals surface area contributed by atoms with E-state index in [0.717, 1.165) is 36.9 Å². The van der Waals surface area contributed by atoms with Gasteiger partial charge in [0.05, 0.1) is 7.11 Å². The average molecular weight is 286 g/mol. The zero-order chi connectivity index (χ0) is 15.1. The molecule has 0 radical (unpaired) electrons. The van der Waals surface area contributed by atoms with Crippen LogP contribution in [0.15, 0.2) is 36.7 Å². The number of nitrogens with one attached hydrogen (secondary N) is 1. The Kier molecular flexibility index (Phi) is 5.51. The van der Waals surface area contributed by atoms with Crippen molar-refractivity contribution in [3.8, 4) is 5.75 Å². The molecule has 1 aromatic carbocycles. The minimum atomic E-state index is 0.728. The second-order valence-electron chi connectivity index (χ2n) is 4.88. The molecule has 0 bridgehead atoms. The highest BCUT2D eigenvalue weighted by Gasteiger charge is 2.05. The number of aromatic nitrogens is 2. The van der Waals surface area contributed by atoms with Crippen molar-refractivity contribution < 1.29 is 4.74 Å². The second-order valence-corrected chi connectivity index (χ2v) is 4.88. The van der Waals surface area contributed by atoms with Crippen LogP contribution in [0.1, 0.15) is 18.1 Å². The summed E-state index contributed by atoms with van der Waals surface area (Å²) in [6.07, 6.45) is 3.74. The fraction of sp³-hybridized carbons (Fsp3) is 0.375. The number of hydrogen-bond donors (Lipinski definition) is 1. The molecule has 2 rings (SSSR count). The van der Waals surface area contributed by atoms with Crippen molar-refractivity contribution >= 4 is 5.95 Å². The summed E-state index contributed by atoms with van der Waals surface area (Å²) < 4.78 is 5.16. The number of nitrogens with zero attached hydrogens (tertiary/aromatic N) is 3. The standard InChI is InChI=1S/C16H22N4O/c1-4-17-9-14-10-18-16(19-11-14)20(2)12-13-5-7-15(21-3)8-6-13/h5-8,10-11,17H,4,9,12H2,1-3H3. The smallest absolute Gasteiger partial charge is 0.225 e. The third-order valence-corrected chi connectivity index (χ3v) is 3.19. The van der Waals surface area contributed by atoms with Crippen molar-refractivity contribution in [3.05, 3.63) is 47.8 Å². The highest BCUT2D eigenvalue weighted by molar-refractivity contribution is 5.33. The molecule has 0 atom stereocenters. The molecule has 112 valence electrons. The van der Waals surface area contributed by atoms with E-state index in [1.165, 1.54) is 5.56 Å². The van der Waals surface area contributed by atoms with E-state index in [9.17, 15) is 0 Å². The van der Waals surface area contributed by atoms with Gasteiger partial charge in [-0.25, -0.2) is 9.97 Å². The molecule has 21 heavy (non-hydrogen) atoms. The number of hydrogen-bond acceptors (Lipinski definition) is 5. The van der Waals surface area contributed by atoms with Gasteiger partial charge >= 0.3 is 0 Å². The van der Waals surface area contributed by atoms with Crippen LogP contribution in [0.3, 0.4) is 0 Å². The molecule has 0 aliphatic heterocycles. The van der Waals surface area contributed by atoms with Crippen molar-refractivity contribution in [3.63, 3.8) is 0 Å². The predicted octanol–water partition coefficient (Wildman–Crippen LogP) is 2.23. The van der Waals surface area contributed by atoms with Crippen LogP contribution in [-0.2, 0) is 13.1 Å². The summed E-state index contributed by atoms with van der Waals surface area (Å²) >= 11 is 0. The lowest BCUT2D eigenvalue weighted by molar-refractivity contribution is 0.414. The van der Waals surface area contributed by atoms with Gasteiger partial charge in [-0.2, -0.15) is 0 Å². The second kappa shape index (κ2) is 7.59. The normalized spacial score (nSPS) is 10.4. The number of rotatable bonds is 7. The average Bonchev–Trinajstić information content (AvgIpc) is 2.54. The van der Waals surface area contributed by atoms with E-state index >= 15 is 0 Å². The SMILES string of the molecule is CCNCc1cnc(N(C)Cc2ccc(OC)cc2)nc1. The van der Waals surface area contributed by atoms with E-state index in [-0.39, 0.29) is 0 Å². The highest BCUT2D eigenvalue weighted by Crippen LogP contribution is 2.14. The van der Waals surface area contributed by atoms with Crippen LogP contribution in [-0.4, -0.2) is 30.7 Å². The van der Waals surface area contributed by atoms with Crippen LogP contribution < -0.4 is 15.0 Å². The van der Waals surface area contributed by atoms with Gasteiger partial charge in [0.25, 0.3) is 0 Å². The zero-order valence-electron chi connectivity index (χ0n) is 12.8. The van der Waals surface area contributed by atoms with Gasteiger partial charge in [0.2, 0.25) is 5.95 Å². The molecule has 0 spiro atoms. The quantitative estimate of drug-likeness (QED) is 0.846. The van der Waals surface area contributed by atoms with Crippen LogP contribution in [0, 0.1) is 0 Å². The van der Waals surface area contributed by atoms with Crippen LogP contribution in [0.25, 0.3) is 0 Å². The summed E-state index contributed by atoms with van der Waals surface area (Å²) in [4.78, 5) is 10.8. The van der Waals surface area contributed by atoms with Gasteiger partial charge in [0, 0.05) is 38.1 Å². The molecule has 0 amide bonds. The summed E-state index contributed by atoms with van der Waals surface area (Å²) in [7, 11) is 3.66. The Morgan fingerprint density at radius 2 is 1.76 bits per heavy atom. The number of anilines is 1. The fourth-order valence-corrected chi connectivity index (χ4v) is 1.98. The molecule has 2 aromatic rings. The molecule has 0 saturated heterocycles. The third-order valence-electron chi connectivity index (χ3n) is 3.19. The topological polar surface area (TPSA) is 50.3 Å². The largest absolute Gasteiger partial charge is 0.497 e. The monoisotopic (exact) mass is 286 g/mol. The van der Waals surface area contributed by atoms with E-state index in [1.807, 2.05) is 36.5 Å². The van der Waals surface area contributed by atoms with Gasteiger partial charge in [-0.1, -0.05) is 19.1 Å². The zero-order valence-corrected chi connectivity index (χ0v) is 12.8. The van der Waals surface area contributed by atoms with Crippen LogP contribution in [0.5, 0.6) is 5.75 Å². The van der Waals surface area contributed by atoms with Gasteiger partial charge in [0.1, 0.15) is 5.75 Å². The lowest BCUT2D eigenvalue weighted by Gasteiger charge is -2.17. The first kappa shape index (κ1) is 15.3. The number of benzene rings is 1. The van der Waals surface area contributed by atoms with Crippen molar-refractivity contribution in [1.29, 1.82) is 0 Å². The summed E-state index contributed by atoms with van der Waals surface area (Å²) in [6, 6.07) is 8.02. The van der Waals surface area contributed by atoms with Crippen molar-refractivity contribution in [2.45, 2.75) is 20.0 Å². The molecule has 5 heteroatoms. The number of methoxy groups -OCH3 is 1. The summed E-state index contributed by atoms with van der Waals surface area (Å²) in [6.45, 7) is 4.59. The Balaban J connectivity index is 1.96. The molecule has 5 nitrogen and oxygen atoms in total. The molecule has 1 aromatic heterocycles. The minimum Gasteiger partial charge on any atom is -0.497 e. The molecule has 0 unspecified atom stereocenters. The van der Waals surface area contributed by atoms with Crippen molar-refractivity contribution in [2.24, 2.45) is 0 Å². The summed E-state index contributed by atoms with van der Waals surface area (Å²) in [5.74, 6) is 1.59. The molecule has 1 heterocycles. The fourth-order valence-electron chi connectivity index (χ4n) is 1.98. The maximum atomic E-state index is 5.16. The molecule has 0 aliphatic carbocycles. The molecule has 0 saturated carbocycles. The van der Waals surface area contributed by atoms with Gasteiger partial charge in [-0.05, 0) is 24.2 Å². The van der Waals surface area contributed by atoms with E-state index < -0.39 is 0 Å². The molecular formula is C16H22N4O. The molecule has 0 aliphatic rings. The Labute approximate surface area is 126 Å². The Bertz CT molecular complexity index is 539. The van der Waals surface area contributed by atoms with E-state index in [2.05, 4.69) is 34.3 Å². The van der Waals surface area contributed by atoms with Crippen molar-refractivity contribution in [2.75, 3.05) is 25.6 Å². The van der Waals surface area contributed by atoms with Crippen LogP contribution >= 0.6 is 0 Å². The first-order valence-electron chi connectivity index (χ1n) is 7.08. The molecule has 0 fully saturated rings.